The summed E-state index contributed by atoms with van der Waals surface area (Å²) >= 11 is 11.9. The minimum absolute atomic E-state index is 0.579. The zero-order chi connectivity index (χ0) is 14.8. The van der Waals surface area contributed by atoms with Gasteiger partial charge in [0.15, 0.2) is 0 Å². The summed E-state index contributed by atoms with van der Waals surface area (Å²) in [7, 11) is 0. The van der Waals surface area contributed by atoms with Crippen molar-refractivity contribution in [1.29, 1.82) is 0 Å². The van der Waals surface area contributed by atoms with Crippen LogP contribution in [0.15, 0.2) is 18.2 Å². The van der Waals surface area contributed by atoms with Gasteiger partial charge >= 0.3 is 0 Å². The van der Waals surface area contributed by atoms with Crippen LogP contribution in [0.2, 0.25) is 10.0 Å². The van der Waals surface area contributed by atoms with Crippen LogP contribution in [-0.4, -0.2) is 19.7 Å². The number of unbranched alkanes of at least 4 members (excludes halogenated alkanes) is 3. The van der Waals surface area contributed by atoms with Crippen LogP contribution in [0.25, 0.3) is 0 Å². The summed E-state index contributed by atoms with van der Waals surface area (Å²) in [6.07, 6.45) is 4.72. The molecule has 4 heteroatoms. The lowest BCUT2D eigenvalue weighted by atomic mass is 10.2. The van der Waals surface area contributed by atoms with Gasteiger partial charge in [0.25, 0.3) is 0 Å². The Morgan fingerprint density at radius 2 is 1.85 bits per heavy atom. The number of hydrogen-bond donors (Lipinski definition) is 1. The maximum atomic E-state index is 6.03. The highest BCUT2D eigenvalue weighted by molar-refractivity contribution is 6.35. The predicted molar refractivity (Wildman–Crippen MR) is 88.1 cm³/mol. The molecule has 1 rings (SSSR count). The molecule has 1 N–H and O–H groups in total. The maximum Gasteiger partial charge on any atom is 0.137 e. The highest BCUT2D eigenvalue weighted by Gasteiger charge is 2.01. The number of halogens is 2. The summed E-state index contributed by atoms with van der Waals surface area (Å²) in [5.74, 6) is 1.45. The molecule has 0 unspecified atom stereocenters. The van der Waals surface area contributed by atoms with Gasteiger partial charge in [-0.25, -0.2) is 0 Å². The topological polar surface area (TPSA) is 21.3 Å². The molecule has 114 valence electrons. The van der Waals surface area contributed by atoms with Crippen molar-refractivity contribution < 1.29 is 4.74 Å². The zero-order valence-electron chi connectivity index (χ0n) is 12.4. The Hall–Kier alpha value is -0.440. The average molecular weight is 318 g/mol. The van der Waals surface area contributed by atoms with E-state index < -0.39 is 0 Å². The summed E-state index contributed by atoms with van der Waals surface area (Å²) in [5.41, 5.74) is 0. The van der Waals surface area contributed by atoms with E-state index in [4.69, 9.17) is 27.9 Å². The number of hydrogen-bond acceptors (Lipinski definition) is 2. The quantitative estimate of drug-likeness (QED) is 0.600. The van der Waals surface area contributed by atoms with Gasteiger partial charge in [0, 0.05) is 5.02 Å². The van der Waals surface area contributed by atoms with Crippen LogP contribution < -0.4 is 10.1 Å². The molecule has 1 aromatic rings. The number of rotatable bonds is 10. The summed E-state index contributed by atoms with van der Waals surface area (Å²) in [6.45, 7) is 7.39. The lowest BCUT2D eigenvalue weighted by Crippen LogP contribution is -2.20. The first-order valence-corrected chi connectivity index (χ1v) is 8.13. The molecule has 20 heavy (non-hydrogen) atoms. The van der Waals surface area contributed by atoms with E-state index in [-0.39, 0.29) is 0 Å². The lowest BCUT2D eigenvalue weighted by molar-refractivity contribution is 0.304. The molecule has 0 spiro atoms. The molecule has 0 aliphatic heterocycles. The molecule has 0 aliphatic carbocycles. The van der Waals surface area contributed by atoms with E-state index in [1.165, 1.54) is 19.3 Å². The fourth-order valence-corrected chi connectivity index (χ4v) is 2.33. The third-order valence-corrected chi connectivity index (χ3v) is 3.48. The van der Waals surface area contributed by atoms with Crippen molar-refractivity contribution in [2.24, 2.45) is 5.92 Å². The molecule has 0 aromatic heterocycles. The Labute approximate surface area is 132 Å². The van der Waals surface area contributed by atoms with Crippen molar-refractivity contribution in [2.75, 3.05) is 19.7 Å². The van der Waals surface area contributed by atoms with Gasteiger partial charge in [0.2, 0.25) is 0 Å². The Morgan fingerprint density at radius 3 is 2.55 bits per heavy atom. The second-order valence-corrected chi connectivity index (χ2v) is 6.28. The summed E-state index contributed by atoms with van der Waals surface area (Å²) in [5, 5.41) is 4.67. The first-order chi connectivity index (χ1) is 9.59. The van der Waals surface area contributed by atoms with Gasteiger partial charge < -0.3 is 10.1 Å². The third kappa shape index (κ3) is 7.98. The monoisotopic (exact) mass is 317 g/mol. The van der Waals surface area contributed by atoms with Crippen LogP contribution in [0, 0.1) is 5.92 Å². The minimum atomic E-state index is 0.579. The van der Waals surface area contributed by atoms with Crippen molar-refractivity contribution in [2.45, 2.75) is 39.5 Å². The first kappa shape index (κ1) is 17.6. The fraction of sp³-hybridized carbons (Fsp3) is 0.625. The second kappa shape index (κ2) is 10.3. The van der Waals surface area contributed by atoms with Crippen molar-refractivity contribution in [3.8, 4) is 5.75 Å². The van der Waals surface area contributed by atoms with Gasteiger partial charge in [0.05, 0.1) is 11.6 Å². The van der Waals surface area contributed by atoms with Crippen LogP contribution in [0.1, 0.15) is 39.5 Å². The Kier molecular flexibility index (Phi) is 9.08. The highest BCUT2D eigenvalue weighted by Crippen LogP contribution is 2.27. The molecular formula is C16H25Cl2NO. The Balaban J connectivity index is 1.99. The summed E-state index contributed by atoms with van der Waals surface area (Å²) in [6, 6.07) is 5.32. The molecular weight excluding hydrogens is 293 g/mol. The van der Waals surface area contributed by atoms with Crippen molar-refractivity contribution in [3.05, 3.63) is 28.2 Å². The van der Waals surface area contributed by atoms with Crippen molar-refractivity contribution >= 4 is 23.2 Å². The molecule has 0 saturated heterocycles. The van der Waals surface area contributed by atoms with Gasteiger partial charge in [-0.3, -0.25) is 0 Å². The molecule has 0 bridgehead atoms. The van der Waals surface area contributed by atoms with E-state index in [0.29, 0.717) is 16.7 Å². The van der Waals surface area contributed by atoms with Gasteiger partial charge in [-0.1, -0.05) is 49.9 Å². The Morgan fingerprint density at radius 1 is 1.10 bits per heavy atom. The lowest BCUT2D eigenvalue weighted by Gasteiger charge is -2.09. The molecule has 0 heterocycles. The van der Waals surface area contributed by atoms with E-state index in [9.17, 15) is 0 Å². The predicted octanol–water partition coefficient (Wildman–Crippen LogP) is 5.18. The Bertz CT molecular complexity index is 383. The largest absolute Gasteiger partial charge is 0.492 e. The van der Waals surface area contributed by atoms with Crippen LogP contribution in [0.5, 0.6) is 5.75 Å². The van der Waals surface area contributed by atoms with E-state index >= 15 is 0 Å². The number of ether oxygens (including phenoxy) is 1. The molecule has 0 radical (unpaired) electrons. The van der Waals surface area contributed by atoms with Crippen LogP contribution in [0.3, 0.4) is 0 Å². The van der Waals surface area contributed by atoms with E-state index in [1.54, 1.807) is 12.1 Å². The van der Waals surface area contributed by atoms with E-state index in [0.717, 1.165) is 31.2 Å². The van der Waals surface area contributed by atoms with Gasteiger partial charge in [-0.15, -0.1) is 0 Å². The molecule has 2 nitrogen and oxygen atoms in total. The molecule has 0 amide bonds. The minimum Gasteiger partial charge on any atom is -0.492 e. The average Bonchev–Trinajstić information content (AvgIpc) is 2.38. The van der Waals surface area contributed by atoms with Crippen LogP contribution in [-0.2, 0) is 0 Å². The summed E-state index contributed by atoms with van der Waals surface area (Å²) < 4.78 is 5.64. The van der Waals surface area contributed by atoms with Crippen molar-refractivity contribution in [3.63, 3.8) is 0 Å². The standard InChI is InChI=1S/C16H25Cl2NO/c1-13(2)12-19-9-5-3-4-6-10-20-16-8-7-14(17)11-15(16)18/h7-8,11,13,19H,3-6,9-10,12H2,1-2H3. The van der Waals surface area contributed by atoms with Gasteiger partial charge in [0.1, 0.15) is 5.75 Å². The summed E-state index contributed by atoms with van der Waals surface area (Å²) in [4.78, 5) is 0. The van der Waals surface area contributed by atoms with E-state index in [2.05, 4.69) is 19.2 Å². The molecule has 0 saturated carbocycles. The maximum absolute atomic E-state index is 6.03. The number of benzene rings is 1. The third-order valence-electron chi connectivity index (χ3n) is 2.95. The first-order valence-electron chi connectivity index (χ1n) is 7.38. The molecule has 0 aliphatic rings. The molecule has 0 atom stereocenters. The number of nitrogens with one attached hydrogen (secondary N) is 1. The normalized spacial score (nSPS) is 11.1. The SMILES string of the molecule is CC(C)CNCCCCCCOc1ccc(Cl)cc1Cl. The smallest absolute Gasteiger partial charge is 0.137 e. The fourth-order valence-electron chi connectivity index (χ4n) is 1.87. The highest BCUT2D eigenvalue weighted by atomic mass is 35.5. The van der Waals surface area contributed by atoms with Crippen molar-refractivity contribution in [1.82, 2.24) is 5.32 Å². The van der Waals surface area contributed by atoms with Gasteiger partial charge in [-0.2, -0.15) is 0 Å². The van der Waals surface area contributed by atoms with Crippen LogP contribution in [0.4, 0.5) is 0 Å². The second-order valence-electron chi connectivity index (χ2n) is 5.44. The molecule has 0 fully saturated rings. The zero-order valence-corrected chi connectivity index (χ0v) is 13.9. The van der Waals surface area contributed by atoms with E-state index in [1.807, 2.05) is 6.07 Å². The molecule has 1 aromatic carbocycles. The van der Waals surface area contributed by atoms with Crippen LogP contribution >= 0.6 is 23.2 Å². The van der Waals surface area contributed by atoms with Gasteiger partial charge in [-0.05, 0) is 50.0 Å².